The normalized spacial score (nSPS) is 11.4. The third-order valence-corrected chi connectivity index (χ3v) is 2.27. The Morgan fingerprint density at radius 2 is 2.14 bits per heavy atom. The van der Waals surface area contributed by atoms with Gasteiger partial charge in [-0.05, 0) is 32.0 Å². The molecule has 0 heterocycles. The van der Waals surface area contributed by atoms with Crippen LogP contribution in [0.2, 0.25) is 0 Å². The molecule has 0 aliphatic heterocycles. The van der Waals surface area contributed by atoms with Crippen LogP contribution >= 0.6 is 15.9 Å². The maximum atomic E-state index is 9.46. The molecule has 78 valence electrons. The van der Waals surface area contributed by atoms with Crippen molar-refractivity contribution in [2.45, 2.75) is 25.9 Å². The van der Waals surface area contributed by atoms with Crippen LogP contribution in [0.5, 0.6) is 5.75 Å². The average molecular weight is 259 g/mol. The van der Waals surface area contributed by atoms with Crippen LogP contribution in [0.4, 0.5) is 0 Å². The van der Waals surface area contributed by atoms with Gasteiger partial charge in [0.2, 0.25) is 0 Å². The van der Waals surface area contributed by atoms with E-state index in [0.29, 0.717) is 13.0 Å². The minimum Gasteiger partial charge on any atom is -0.493 e. The molecule has 0 unspecified atom stereocenters. The van der Waals surface area contributed by atoms with Crippen molar-refractivity contribution in [1.29, 1.82) is 0 Å². The summed E-state index contributed by atoms with van der Waals surface area (Å²) < 4.78 is 6.47. The summed E-state index contributed by atoms with van der Waals surface area (Å²) in [5, 5.41) is 9.46. The van der Waals surface area contributed by atoms with Gasteiger partial charge in [-0.25, -0.2) is 0 Å². The largest absolute Gasteiger partial charge is 0.493 e. The summed E-state index contributed by atoms with van der Waals surface area (Å²) in [7, 11) is 0. The van der Waals surface area contributed by atoms with Gasteiger partial charge in [0.15, 0.2) is 0 Å². The predicted octanol–water partition coefficient (Wildman–Crippen LogP) is 2.99. The van der Waals surface area contributed by atoms with E-state index in [4.69, 9.17) is 4.74 Å². The van der Waals surface area contributed by atoms with Gasteiger partial charge in [0.1, 0.15) is 5.75 Å². The van der Waals surface area contributed by atoms with E-state index in [1.807, 2.05) is 24.3 Å². The summed E-state index contributed by atoms with van der Waals surface area (Å²) in [6.45, 7) is 4.08. The summed E-state index contributed by atoms with van der Waals surface area (Å²) in [4.78, 5) is 0. The Morgan fingerprint density at radius 3 is 2.71 bits per heavy atom. The van der Waals surface area contributed by atoms with Gasteiger partial charge in [-0.2, -0.15) is 0 Å². The zero-order valence-electron chi connectivity index (χ0n) is 8.46. The van der Waals surface area contributed by atoms with Crippen LogP contribution in [0.1, 0.15) is 20.3 Å². The molecule has 1 aromatic carbocycles. The van der Waals surface area contributed by atoms with Crippen molar-refractivity contribution in [1.82, 2.24) is 0 Å². The van der Waals surface area contributed by atoms with Gasteiger partial charge in [-0.1, -0.05) is 22.0 Å². The zero-order chi connectivity index (χ0) is 10.6. The number of benzene rings is 1. The van der Waals surface area contributed by atoms with Crippen LogP contribution in [-0.4, -0.2) is 17.3 Å². The monoisotopic (exact) mass is 258 g/mol. The molecule has 0 spiro atoms. The van der Waals surface area contributed by atoms with E-state index in [-0.39, 0.29) is 0 Å². The Kier molecular flexibility index (Phi) is 3.96. The van der Waals surface area contributed by atoms with Gasteiger partial charge < -0.3 is 9.84 Å². The van der Waals surface area contributed by atoms with Crippen LogP contribution in [-0.2, 0) is 0 Å². The summed E-state index contributed by atoms with van der Waals surface area (Å²) in [5.41, 5.74) is -0.661. The molecule has 1 rings (SSSR count). The van der Waals surface area contributed by atoms with Gasteiger partial charge in [-0.15, -0.1) is 0 Å². The minimum absolute atomic E-state index is 0.528. The van der Waals surface area contributed by atoms with Crippen LogP contribution < -0.4 is 4.74 Å². The standard InChI is InChI=1S/C11H15BrO2/c1-11(2,13)6-7-14-10-5-3-4-9(12)8-10/h3-5,8,13H,6-7H2,1-2H3. The van der Waals surface area contributed by atoms with Crippen LogP contribution in [0.25, 0.3) is 0 Å². The smallest absolute Gasteiger partial charge is 0.120 e. The lowest BCUT2D eigenvalue weighted by Crippen LogP contribution is -2.21. The van der Waals surface area contributed by atoms with Crippen molar-refractivity contribution in [3.8, 4) is 5.75 Å². The van der Waals surface area contributed by atoms with Gasteiger partial charge >= 0.3 is 0 Å². The Hall–Kier alpha value is -0.540. The first kappa shape index (κ1) is 11.5. The Morgan fingerprint density at radius 1 is 1.43 bits per heavy atom. The van der Waals surface area contributed by atoms with E-state index >= 15 is 0 Å². The first-order valence-corrected chi connectivity index (χ1v) is 5.37. The number of aliphatic hydroxyl groups is 1. The highest BCUT2D eigenvalue weighted by Crippen LogP contribution is 2.18. The maximum absolute atomic E-state index is 9.46. The van der Waals surface area contributed by atoms with E-state index in [1.54, 1.807) is 13.8 Å². The minimum atomic E-state index is -0.661. The number of rotatable bonds is 4. The molecule has 0 bridgehead atoms. The lowest BCUT2D eigenvalue weighted by atomic mass is 10.1. The summed E-state index contributed by atoms with van der Waals surface area (Å²) >= 11 is 3.36. The van der Waals surface area contributed by atoms with Crippen molar-refractivity contribution >= 4 is 15.9 Å². The van der Waals surface area contributed by atoms with Gasteiger partial charge in [0.25, 0.3) is 0 Å². The zero-order valence-corrected chi connectivity index (χ0v) is 10.0. The molecule has 0 fully saturated rings. The second kappa shape index (κ2) is 4.80. The second-order valence-corrected chi connectivity index (χ2v) is 4.78. The maximum Gasteiger partial charge on any atom is 0.120 e. The fourth-order valence-corrected chi connectivity index (χ4v) is 1.35. The molecule has 0 aromatic heterocycles. The third kappa shape index (κ3) is 4.63. The highest BCUT2D eigenvalue weighted by Gasteiger charge is 2.11. The lowest BCUT2D eigenvalue weighted by Gasteiger charge is -2.17. The Balaban J connectivity index is 2.39. The highest BCUT2D eigenvalue weighted by molar-refractivity contribution is 9.10. The second-order valence-electron chi connectivity index (χ2n) is 3.87. The van der Waals surface area contributed by atoms with Crippen molar-refractivity contribution in [3.05, 3.63) is 28.7 Å². The van der Waals surface area contributed by atoms with E-state index < -0.39 is 5.60 Å². The third-order valence-electron chi connectivity index (χ3n) is 1.78. The first-order chi connectivity index (χ1) is 6.47. The Bertz CT molecular complexity index is 292. The van der Waals surface area contributed by atoms with Crippen LogP contribution in [0.15, 0.2) is 28.7 Å². The molecule has 0 saturated heterocycles. The fourth-order valence-electron chi connectivity index (χ4n) is 0.975. The molecule has 0 atom stereocenters. The highest BCUT2D eigenvalue weighted by atomic mass is 79.9. The van der Waals surface area contributed by atoms with E-state index in [1.165, 1.54) is 0 Å². The van der Waals surface area contributed by atoms with E-state index in [2.05, 4.69) is 15.9 Å². The quantitative estimate of drug-likeness (QED) is 0.900. The summed E-state index contributed by atoms with van der Waals surface area (Å²) in [6.07, 6.45) is 0.625. The van der Waals surface area contributed by atoms with E-state index in [0.717, 1.165) is 10.2 Å². The number of hydrogen-bond donors (Lipinski definition) is 1. The molecule has 0 radical (unpaired) electrons. The van der Waals surface area contributed by atoms with Crippen molar-refractivity contribution in [3.63, 3.8) is 0 Å². The summed E-state index contributed by atoms with van der Waals surface area (Å²) in [5.74, 6) is 0.823. The molecule has 1 aromatic rings. The lowest BCUT2D eigenvalue weighted by molar-refractivity contribution is 0.0553. The first-order valence-electron chi connectivity index (χ1n) is 4.58. The van der Waals surface area contributed by atoms with Crippen molar-refractivity contribution in [2.75, 3.05) is 6.61 Å². The SMILES string of the molecule is CC(C)(O)CCOc1cccc(Br)c1. The van der Waals surface area contributed by atoms with Crippen molar-refractivity contribution < 1.29 is 9.84 Å². The molecular formula is C11H15BrO2. The molecule has 3 heteroatoms. The fraction of sp³-hybridized carbons (Fsp3) is 0.455. The van der Waals surface area contributed by atoms with Crippen LogP contribution in [0, 0.1) is 0 Å². The Labute approximate surface area is 93.0 Å². The average Bonchev–Trinajstić information content (AvgIpc) is 2.01. The number of ether oxygens (including phenoxy) is 1. The number of hydrogen-bond acceptors (Lipinski definition) is 2. The van der Waals surface area contributed by atoms with Crippen molar-refractivity contribution in [2.24, 2.45) is 0 Å². The van der Waals surface area contributed by atoms with Gasteiger partial charge in [-0.3, -0.25) is 0 Å². The number of halogens is 1. The molecular weight excluding hydrogens is 244 g/mol. The molecule has 2 nitrogen and oxygen atoms in total. The molecule has 14 heavy (non-hydrogen) atoms. The molecule has 0 aliphatic carbocycles. The molecule has 0 saturated carbocycles. The van der Waals surface area contributed by atoms with Gasteiger partial charge in [0.05, 0.1) is 12.2 Å². The summed E-state index contributed by atoms with van der Waals surface area (Å²) in [6, 6.07) is 7.67. The predicted molar refractivity (Wildman–Crippen MR) is 60.6 cm³/mol. The van der Waals surface area contributed by atoms with Crippen LogP contribution in [0.3, 0.4) is 0 Å². The van der Waals surface area contributed by atoms with E-state index in [9.17, 15) is 5.11 Å². The molecule has 0 aliphatic rings. The topological polar surface area (TPSA) is 29.5 Å². The molecule has 1 N–H and O–H groups in total. The van der Waals surface area contributed by atoms with Gasteiger partial charge in [0, 0.05) is 10.9 Å². The molecule has 0 amide bonds.